The molecule has 0 fully saturated rings. The van der Waals surface area contributed by atoms with Crippen molar-refractivity contribution in [3.63, 3.8) is 0 Å². The van der Waals surface area contributed by atoms with Crippen LogP contribution in [0.3, 0.4) is 0 Å². The highest BCUT2D eigenvalue weighted by atomic mass is 19.4. The summed E-state index contributed by atoms with van der Waals surface area (Å²) in [6.07, 6.45) is -3.72. The minimum Gasteiger partial charge on any atom is -0.506 e. The van der Waals surface area contributed by atoms with Crippen LogP contribution in [0.4, 0.5) is 18.9 Å². The Morgan fingerprint density at radius 1 is 1.15 bits per heavy atom. The van der Waals surface area contributed by atoms with Gasteiger partial charge in [0, 0.05) is 6.20 Å². The maximum atomic E-state index is 12.3. The molecule has 7 heteroatoms. The van der Waals surface area contributed by atoms with Gasteiger partial charge in [0.05, 0.1) is 11.3 Å². The lowest BCUT2D eigenvalue weighted by Gasteiger charge is -2.08. The van der Waals surface area contributed by atoms with E-state index in [1.807, 2.05) is 0 Å². The van der Waals surface area contributed by atoms with Crippen LogP contribution in [-0.4, -0.2) is 16.0 Å². The fraction of sp³-hybridized carbons (Fsp3) is 0.0769. The number of anilines is 1. The van der Waals surface area contributed by atoms with Crippen molar-refractivity contribution in [2.45, 2.75) is 6.18 Å². The van der Waals surface area contributed by atoms with E-state index in [-0.39, 0.29) is 17.0 Å². The molecule has 0 aliphatic carbocycles. The molecule has 2 rings (SSSR count). The van der Waals surface area contributed by atoms with E-state index in [1.54, 1.807) is 12.1 Å². The van der Waals surface area contributed by atoms with Crippen molar-refractivity contribution in [2.75, 3.05) is 5.32 Å². The molecule has 1 heterocycles. The van der Waals surface area contributed by atoms with Crippen molar-refractivity contribution in [3.05, 3.63) is 53.9 Å². The third kappa shape index (κ3) is 3.05. The quantitative estimate of drug-likeness (QED) is 0.832. The lowest BCUT2D eigenvalue weighted by Crippen LogP contribution is -2.14. The Bertz CT molecular complexity index is 624. The zero-order valence-electron chi connectivity index (χ0n) is 9.98. The number of pyridine rings is 1. The number of aromatic nitrogens is 1. The third-order valence-corrected chi connectivity index (χ3v) is 2.47. The normalized spacial score (nSPS) is 11.2. The second-order valence-corrected chi connectivity index (χ2v) is 3.90. The number of carbonyl (C=O) groups is 1. The molecule has 0 radical (unpaired) electrons. The summed E-state index contributed by atoms with van der Waals surface area (Å²) in [7, 11) is 0. The summed E-state index contributed by atoms with van der Waals surface area (Å²) in [6.45, 7) is 0. The number of alkyl halides is 3. The predicted octanol–water partition coefficient (Wildman–Crippen LogP) is 3.06. The van der Waals surface area contributed by atoms with Crippen molar-refractivity contribution in [2.24, 2.45) is 0 Å². The first kappa shape index (κ1) is 13.9. The maximum Gasteiger partial charge on any atom is 0.433 e. The highest BCUT2D eigenvalue weighted by molar-refractivity contribution is 6.04. The van der Waals surface area contributed by atoms with Gasteiger partial charge in [-0.3, -0.25) is 9.78 Å². The van der Waals surface area contributed by atoms with E-state index < -0.39 is 17.8 Å². The number of phenolic OH excluding ortho intramolecular Hbond substituents is 1. The molecule has 0 saturated heterocycles. The number of rotatable bonds is 2. The first-order chi connectivity index (χ1) is 9.38. The van der Waals surface area contributed by atoms with Gasteiger partial charge in [0.25, 0.3) is 5.91 Å². The van der Waals surface area contributed by atoms with Gasteiger partial charge in [-0.05, 0) is 24.3 Å². The van der Waals surface area contributed by atoms with E-state index in [0.717, 1.165) is 18.3 Å². The first-order valence-electron chi connectivity index (χ1n) is 5.50. The van der Waals surface area contributed by atoms with E-state index in [1.165, 1.54) is 12.1 Å². The van der Waals surface area contributed by atoms with Gasteiger partial charge in [-0.25, -0.2) is 0 Å². The standard InChI is InChI=1S/C13H9F3N2O2/c14-13(15,16)11-6-5-8(7-17-11)12(20)18-9-3-1-2-4-10(9)19/h1-7,19H,(H,18,20). The van der Waals surface area contributed by atoms with Crippen LogP contribution in [0.2, 0.25) is 0 Å². The number of phenols is 1. The number of nitrogens with zero attached hydrogens (tertiary/aromatic N) is 1. The lowest BCUT2D eigenvalue weighted by molar-refractivity contribution is -0.141. The molecule has 20 heavy (non-hydrogen) atoms. The number of hydrogen-bond donors (Lipinski definition) is 2. The molecule has 1 aromatic heterocycles. The Labute approximate surface area is 111 Å². The number of nitrogens with one attached hydrogen (secondary N) is 1. The Kier molecular flexibility index (Phi) is 3.60. The topological polar surface area (TPSA) is 62.2 Å². The third-order valence-electron chi connectivity index (χ3n) is 2.47. The molecule has 0 unspecified atom stereocenters. The molecule has 0 spiro atoms. The van der Waals surface area contributed by atoms with Gasteiger partial charge in [0.1, 0.15) is 11.4 Å². The Morgan fingerprint density at radius 2 is 1.85 bits per heavy atom. The summed E-state index contributed by atoms with van der Waals surface area (Å²) >= 11 is 0. The predicted molar refractivity (Wildman–Crippen MR) is 65.3 cm³/mol. The van der Waals surface area contributed by atoms with Gasteiger partial charge >= 0.3 is 6.18 Å². The molecular formula is C13H9F3N2O2. The number of para-hydroxylation sites is 2. The molecule has 4 nitrogen and oxygen atoms in total. The first-order valence-corrected chi connectivity index (χ1v) is 5.50. The summed E-state index contributed by atoms with van der Waals surface area (Å²) in [4.78, 5) is 15.0. The van der Waals surface area contributed by atoms with Crippen LogP contribution in [0, 0.1) is 0 Å². The van der Waals surface area contributed by atoms with Gasteiger partial charge in [-0.2, -0.15) is 13.2 Å². The molecule has 0 atom stereocenters. The Hall–Kier alpha value is -2.57. The molecule has 1 amide bonds. The van der Waals surface area contributed by atoms with Crippen molar-refractivity contribution < 1.29 is 23.1 Å². The van der Waals surface area contributed by atoms with E-state index >= 15 is 0 Å². The van der Waals surface area contributed by atoms with Crippen LogP contribution < -0.4 is 5.32 Å². The van der Waals surface area contributed by atoms with Crippen LogP contribution in [0.25, 0.3) is 0 Å². The van der Waals surface area contributed by atoms with E-state index in [2.05, 4.69) is 10.3 Å². The fourth-order valence-electron chi connectivity index (χ4n) is 1.47. The van der Waals surface area contributed by atoms with Gasteiger partial charge < -0.3 is 10.4 Å². The largest absolute Gasteiger partial charge is 0.506 e. The Morgan fingerprint density at radius 3 is 2.40 bits per heavy atom. The summed E-state index contributed by atoms with van der Waals surface area (Å²) in [6, 6.07) is 7.75. The van der Waals surface area contributed by atoms with Gasteiger partial charge in [-0.15, -0.1) is 0 Å². The molecule has 2 aromatic rings. The number of aromatic hydroxyl groups is 1. The van der Waals surface area contributed by atoms with E-state index in [4.69, 9.17) is 0 Å². The molecule has 0 saturated carbocycles. The van der Waals surface area contributed by atoms with Crippen molar-refractivity contribution in [1.29, 1.82) is 0 Å². The summed E-state index contributed by atoms with van der Waals surface area (Å²) in [5.41, 5.74) is -0.949. The molecule has 0 bridgehead atoms. The van der Waals surface area contributed by atoms with Crippen molar-refractivity contribution >= 4 is 11.6 Å². The van der Waals surface area contributed by atoms with Crippen LogP contribution in [-0.2, 0) is 6.18 Å². The smallest absolute Gasteiger partial charge is 0.433 e. The molecular weight excluding hydrogens is 273 g/mol. The van der Waals surface area contributed by atoms with Crippen LogP contribution in [0.5, 0.6) is 5.75 Å². The number of amides is 1. The van der Waals surface area contributed by atoms with Crippen LogP contribution in [0.1, 0.15) is 16.1 Å². The SMILES string of the molecule is O=C(Nc1ccccc1O)c1ccc(C(F)(F)F)nc1. The van der Waals surface area contributed by atoms with Gasteiger partial charge in [-0.1, -0.05) is 12.1 Å². The maximum absolute atomic E-state index is 12.3. The zero-order valence-corrected chi connectivity index (χ0v) is 9.98. The number of benzene rings is 1. The average molecular weight is 282 g/mol. The van der Waals surface area contributed by atoms with Gasteiger partial charge in [0.15, 0.2) is 0 Å². The van der Waals surface area contributed by atoms with E-state index in [0.29, 0.717) is 0 Å². The summed E-state index contributed by atoms with van der Waals surface area (Å²) in [5, 5.41) is 11.9. The van der Waals surface area contributed by atoms with E-state index in [9.17, 15) is 23.1 Å². The van der Waals surface area contributed by atoms with Crippen LogP contribution in [0.15, 0.2) is 42.6 Å². The number of hydrogen-bond acceptors (Lipinski definition) is 3. The zero-order chi connectivity index (χ0) is 14.8. The molecule has 1 aromatic carbocycles. The number of carbonyl (C=O) groups excluding carboxylic acids is 1. The number of halogens is 3. The highest BCUT2D eigenvalue weighted by Gasteiger charge is 2.32. The summed E-state index contributed by atoms with van der Waals surface area (Å²) in [5.74, 6) is -0.798. The molecule has 2 N–H and O–H groups in total. The average Bonchev–Trinajstić information content (AvgIpc) is 2.40. The highest BCUT2D eigenvalue weighted by Crippen LogP contribution is 2.27. The molecule has 0 aliphatic heterocycles. The van der Waals surface area contributed by atoms with Gasteiger partial charge in [0.2, 0.25) is 0 Å². The summed E-state index contributed by atoms with van der Waals surface area (Å²) < 4.78 is 37.0. The second kappa shape index (κ2) is 5.20. The van der Waals surface area contributed by atoms with Crippen molar-refractivity contribution in [3.8, 4) is 5.75 Å². The lowest BCUT2D eigenvalue weighted by atomic mass is 10.2. The minimum absolute atomic E-state index is 0.0405. The van der Waals surface area contributed by atoms with Crippen molar-refractivity contribution in [1.82, 2.24) is 4.98 Å². The van der Waals surface area contributed by atoms with Crippen LogP contribution >= 0.6 is 0 Å². The minimum atomic E-state index is -4.55. The fourth-order valence-corrected chi connectivity index (χ4v) is 1.47. The monoisotopic (exact) mass is 282 g/mol. The second-order valence-electron chi connectivity index (χ2n) is 3.90. The molecule has 104 valence electrons. The molecule has 0 aliphatic rings. The Balaban J connectivity index is 2.16.